The summed E-state index contributed by atoms with van der Waals surface area (Å²) in [5.41, 5.74) is 5.95. The maximum absolute atomic E-state index is 6.02. The molecule has 118 valence electrons. The highest BCUT2D eigenvalue weighted by molar-refractivity contribution is 5.29. The van der Waals surface area contributed by atoms with Crippen LogP contribution in [0.15, 0.2) is 24.3 Å². The minimum atomic E-state index is 0.110. The maximum Gasteiger partial charge on any atom is 0.0643 e. The van der Waals surface area contributed by atoms with Gasteiger partial charge in [-0.2, -0.15) is 0 Å². The molecule has 0 bridgehead atoms. The van der Waals surface area contributed by atoms with E-state index in [0.717, 1.165) is 12.3 Å². The first-order chi connectivity index (χ1) is 10.0. The van der Waals surface area contributed by atoms with Crippen LogP contribution in [0.5, 0.6) is 0 Å². The Kier molecular flexibility index (Phi) is 5.42. The zero-order chi connectivity index (χ0) is 15.5. The third kappa shape index (κ3) is 3.31. The number of benzene rings is 1. The van der Waals surface area contributed by atoms with Gasteiger partial charge in [0.15, 0.2) is 0 Å². The Balaban J connectivity index is 2.39. The van der Waals surface area contributed by atoms with E-state index in [0.29, 0.717) is 0 Å². The second-order valence-electron chi connectivity index (χ2n) is 6.90. The molecule has 1 aromatic rings. The minimum absolute atomic E-state index is 0.110. The highest BCUT2D eigenvalue weighted by atomic mass is 15.3. The Morgan fingerprint density at radius 1 is 1.43 bits per heavy atom. The third-order valence-electron chi connectivity index (χ3n) is 5.30. The highest BCUT2D eigenvalue weighted by Gasteiger charge is 2.44. The molecule has 1 saturated carbocycles. The van der Waals surface area contributed by atoms with Gasteiger partial charge < -0.3 is 4.90 Å². The molecule has 0 amide bonds. The van der Waals surface area contributed by atoms with E-state index in [4.69, 9.17) is 5.84 Å². The molecule has 0 saturated heterocycles. The molecule has 3 heteroatoms. The predicted octanol–water partition coefficient (Wildman–Crippen LogP) is 3.26. The van der Waals surface area contributed by atoms with Crippen LogP contribution in [0.1, 0.15) is 56.7 Å². The Morgan fingerprint density at radius 2 is 2.19 bits per heavy atom. The largest absolute Gasteiger partial charge is 0.302 e. The molecule has 0 heterocycles. The van der Waals surface area contributed by atoms with Crippen molar-refractivity contribution in [2.24, 2.45) is 11.8 Å². The molecule has 21 heavy (non-hydrogen) atoms. The minimum Gasteiger partial charge on any atom is -0.302 e. The smallest absolute Gasteiger partial charge is 0.0643 e. The van der Waals surface area contributed by atoms with E-state index in [1.807, 2.05) is 0 Å². The summed E-state index contributed by atoms with van der Waals surface area (Å²) < 4.78 is 0. The average molecular weight is 289 g/mol. The summed E-state index contributed by atoms with van der Waals surface area (Å²) in [5.74, 6) is 6.77. The van der Waals surface area contributed by atoms with Crippen molar-refractivity contribution in [2.45, 2.75) is 57.5 Å². The molecular formula is C18H31N3. The fourth-order valence-electron chi connectivity index (χ4n) is 4.04. The summed E-state index contributed by atoms with van der Waals surface area (Å²) in [6.07, 6.45) is 6.09. The molecule has 1 fully saturated rings. The van der Waals surface area contributed by atoms with Crippen LogP contribution >= 0.6 is 0 Å². The lowest BCUT2D eigenvalue weighted by Gasteiger charge is -2.50. The van der Waals surface area contributed by atoms with Crippen LogP contribution in [0.3, 0.4) is 0 Å². The van der Waals surface area contributed by atoms with Crippen molar-refractivity contribution in [3.63, 3.8) is 0 Å². The Morgan fingerprint density at radius 3 is 2.76 bits per heavy atom. The van der Waals surface area contributed by atoms with Crippen LogP contribution in [-0.4, -0.2) is 24.5 Å². The number of nitrogens with one attached hydrogen (secondary N) is 1. The summed E-state index contributed by atoms with van der Waals surface area (Å²) in [4.78, 5) is 2.39. The zero-order valence-corrected chi connectivity index (χ0v) is 14.0. The van der Waals surface area contributed by atoms with Crippen molar-refractivity contribution < 1.29 is 0 Å². The van der Waals surface area contributed by atoms with Crippen molar-refractivity contribution in [3.8, 4) is 0 Å². The molecule has 3 N–H and O–H groups in total. The van der Waals surface area contributed by atoms with Gasteiger partial charge in [0.05, 0.1) is 6.04 Å². The van der Waals surface area contributed by atoms with Gasteiger partial charge in [-0.05, 0) is 50.4 Å². The molecule has 2 rings (SSSR count). The van der Waals surface area contributed by atoms with Crippen LogP contribution in [0, 0.1) is 5.92 Å². The number of aryl methyl sites for hydroxylation is 1. The van der Waals surface area contributed by atoms with Crippen molar-refractivity contribution in [1.29, 1.82) is 0 Å². The summed E-state index contributed by atoms with van der Waals surface area (Å²) in [6.45, 7) is 4.57. The van der Waals surface area contributed by atoms with Gasteiger partial charge in [-0.15, -0.1) is 0 Å². The number of hydrazine groups is 1. The standard InChI is InChI=1S/C18H31N3/c1-5-15-9-6-10-16(12-15)17(20-19)18(21(3)4)11-7-8-14(2)13-18/h6,9-10,12,14,17,20H,5,7-8,11,13,19H2,1-4H3. The Bertz CT molecular complexity index is 458. The number of rotatable bonds is 5. The van der Waals surface area contributed by atoms with Gasteiger partial charge in [0, 0.05) is 5.54 Å². The molecule has 0 aliphatic heterocycles. The van der Waals surface area contributed by atoms with Crippen LogP contribution in [-0.2, 0) is 6.42 Å². The zero-order valence-electron chi connectivity index (χ0n) is 14.0. The van der Waals surface area contributed by atoms with E-state index in [1.54, 1.807) is 0 Å². The first-order valence-electron chi connectivity index (χ1n) is 8.26. The molecule has 0 aromatic heterocycles. The van der Waals surface area contributed by atoms with E-state index >= 15 is 0 Å². The topological polar surface area (TPSA) is 41.3 Å². The fourth-order valence-corrected chi connectivity index (χ4v) is 4.04. The van der Waals surface area contributed by atoms with E-state index in [2.05, 4.69) is 62.5 Å². The molecule has 0 radical (unpaired) electrons. The lowest BCUT2D eigenvalue weighted by atomic mass is 9.69. The number of hydrogen-bond donors (Lipinski definition) is 2. The van der Waals surface area contributed by atoms with E-state index < -0.39 is 0 Å². The summed E-state index contributed by atoms with van der Waals surface area (Å²) in [5, 5.41) is 0. The van der Waals surface area contributed by atoms with E-state index in [1.165, 1.54) is 36.8 Å². The number of likely N-dealkylation sites (N-methyl/N-ethyl adjacent to an activating group) is 1. The second kappa shape index (κ2) is 6.91. The van der Waals surface area contributed by atoms with Crippen LogP contribution in [0.4, 0.5) is 0 Å². The van der Waals surface area contributed by atoms with Crippen LogP contribution in [0.25, 0.3) is 0 Å². The molecule has 0 spiro atoms. The van der Waals surface area contributed by atoms with Crippen molar-refractivity contribution >= 4 is 0 Å². The molecule has 3 atom stereocenters. The van der Waals surface area contributed by atoms with Crippen molar-refractivity contribution in [3.05, 3.63) is 35.4 Å². The molecule has 3 nitrogen and oxygen atoms in total. The molecule has 1 aliphatic carbocycles. The fraction of sp³-hybridized carbons (Fsp3) is 0.667. The average Bonchev–Trinajstić information content (AvgIpc) is 2.48. The van der Waals surface area contributed by atoms with Gasteiger partial charge in [0.1, 0.15) is 0 Å². The lowest BCUT2D eigenvalue weighted by Crippen LogP contribution is -2.57. The van der Waals surface area contributed by atoms with E-state index in [-0.39, 0.29) is 11.6 Å². The number of nitrogens with two attached hydrogens (primary N) is 1. The van der Waals surface area contributed by atoms with Gasteiger partial charge in [-0.25, -0.2) is 0 Å². The highest BCUT2D eigenvalue weighted by Crippen LogP contribution is 2.43. The van der Waals surface area contributed by atoms with Gasteiger partial charge in [0.2, 0.25) is 0 Å². The number of hydrogen-bond acceptors (Lipinski definition) is 3. The normalized spacial score (nSPS) is 27.8. The van der Waals surface area contributed by atoms with Gasteiger partial charge in [-0.1, -0.05) is 51.0 Å². The second-order valence-corrected chi connectivity index (χ2v) is 6.90. The first-order valence-corrected chi connectivity index (χ1v) is 8.26. The first kappa shape index (κ1) is 16.5. The third-order valence-corrected chi connectivity index (χ3v) is 5.30. The van der Waals surface area contributed by atoms with Crippen molar-refractivity contribution in [1.82, 2.24) is 10.3 Å². The van der Waals surface area contributed by atoms with Gasteiger partial charge in [-0.3, -0.25) is 11.3 Å². The van der Waals surface area contributed by atoms with E-state index in [9.17, 15) is 0 Å². The SMILES string of the molecule is CCc1cccc(C(NN)C2(N(C)C)CCCC(C)C2)c1. The van der Waals surface area contributed by atoms with Crippen molar-refractivity contribution in [2.75, 3.05) is 14.1 Å². The Hall–Kier alpha value is -0.900. The molecule has 1 aliphatic rings. The predicted molar refractivity (Wildman–Crippen MR) is 89.9 cm³/mol. The monoisotopic (exact) mass is 289 g/mol. The molecule has 3 unspecified atom stereocenters. The van der Waals surface area contributed by atoms with Gasteiger partial charge >= 0.3 is 0 Å². The molecular weight excluding hydrogens is 258 g/mol. The number of nitrogens with zero attached hydrogens (tertiary/aromatic N) is 1. The summed E-state index contributed by atoms with van der Waals surface area (Å²) in [7, 11) is 4.40. The summed E-state index contributed by atoms with van der Waals surface area (Å²) >= 11 is 0. The lowest BCUT2D eigenvalue weighted by molar-refractivity contribution is 0.0366. The Labute approximate surface area is 129 Å². The van der Waals surface area contributed by atoms with Gasteiger partial charge in [0.25, 0.3) is 0 Å². The van der Waals surface area contributed by atoms with Crippen LogP contribution in [0.2, 0.25) is 0 Å². The summed E-state index contributed by atoms with van der Waals surface area (Å²) in [6, 6.07) is 9.07. The van der Waals surface area contributed by atoms with Crippen LogP contribution < -0.4 is 11.3 Å². The molecule has 1 aromatic carbocycles. The maximum atomic E-state index is 6.02. The quantitative estimate of drug-likeness (QED) is 0.646.